The molecular formula is C22H20N4O4. The number of carbonyl (C=O) groups excluding carboxylic acids is 2. The van der Waals surface area contributed by atoms with Gasteiger partial charge in [-0.1, -0.05) is 18.2 Å². The lowest BCUT2D eigenvalue weighted by molar-refractivity contribution is -0.118. The molecule has 4 rings (SSSR count). The van der Waals surface area contributed by atoms with Gasteiger partial charge in [-0.3, -0.25) is 9.59 Å². The average Bonchev–Trinajstić information content (AvgIpc) is 3.30. The maximum absolute atomic E-state index is 12.6. The Labute approximate surface area is 172 Å². The summed E-state index contributed by atoms with van der Waals surface area (Å²) < 4.78 is 11.0. The topological polar surface area (TPSA) is 96.5 Å². The minimum Gasteiger partial charge on any atom is -0.494 e. The Hall–Kier alpha value is -3.94. The van der Waals surface area contributed by atoms with Crippen molar-refractivity contribution in [2.24, 2.45) is 16.1 Å². The smallest absolute Gasteiger partial charge is 0.307 e. The second-order valence-electron chi connectivity index (χ2n) is 6.67. The van der Waals surface area contributed by atoms with E-state index in [2.05, 4.69) is 15.6 Å². The monoisotopic (exact) mass is 404 g/mol. The van der Waals surface area contributed by atoms with E-state index in [1.807, 2.05) is 25.1 Å². The zero-order valence-corrected chi connectivity index (χ0v) is 16.5. The van der Waals surface area contributed by atoms with Gasteiger partial charge in [-0.25, -0.2) is 5.43 Å². The highest BCUT2D eigenvalue weighted by atomic mass is 16.5. The van der Waals surface area contributed by atoms with E-state index in [9.17, 15) is 9.59 Å². The van der Waals surface area contributed by atoms with Crippen molar-refractivity contribution >= 4 is 40.4 Å². The molecule has 3 aromatic rings. The predicted octanol–water partition coefficient (Wildman–Crippen LogP) is 3.59. The SMILES string of the molecule is CCOc1ccc2oc(C(=O)N/N=C/[C@H]3C(=O)N(c4ccccc4)N=C3C)cc2c1. The van der Waals surface area contributed by atoms with Crippen molar-refractivity contribution in [2.45, 2.75) is 13.8 Å². The largest absolute Gasteiger partial charge is 0.494 e. The molecule has 2 heterocycles. The fraction of sp³-hybridized carbons (Fsp3) is 0.182. The lowest BCUT2D eigenvalue weighted by Gasteiger charge is -2.12. The molecule has 0 bridgehead atoms. The molecule has 2 aromatic carbocycles. The third-order valence-corrected chi connectivity index (χ3v) is 4.60. The fourth-order valence-corrected chi connectivity index (χ4v) is 3.12. The van der Waals surface area contributed by atoms with Crippen LogP contribution < -0.4 is 15.2 Å². The maximum Gasteiger partial charge on any atom is 0.307 e. The van der Waals surface area contributed by atoms with E-state index in [-0.39, 0.29) is 11.7 Å². The van der Waals surface area contributed by atoms with Gasteiger partial charge in [0.1, 0.15) is 17.3 Å². The molecule has 0 saturated carbocycles. The standard InChI is InChI=1S/C22H20N4O4/c1-3-29-17-9-10-19-15(11-17)12-20(30-19)21(27)24-23-13-18-14(2)25-26(22(18)28)16-7-5-4-6-8-16/h4-13,18H,3H2,1-2H3,(H,24,27)/b23-13+/t18-/m1/s1. The molecule has 0 radical (unpaired) electrons. The first-order chi connectivity index (χ1) is 14.6. The number of nitrogens with zero attached hydrogens (tertiary/aromatic N) is 3. The summed E-state index contributed by atoms with van der Waals surface area (Å²) in [6.45, 7) is 4.20. The maximum atomic E-state index is 12.6. The summed E-state index contributed by atoms with van der Waals surface area (Å²) in [5.41, 5.74) is 4.24. The summed E-state index contributed by atoms with van der Waals surface area (Å²) in [5.74, 6) is -0.572. The number of hydrogen-bond donors (Lipinski definition) is 1. The van der Waals surface area contributed by atoms with E-state index < -0.39 is 11.8 Å². The van der Waals surface area contributed by atoms with E-state index in [0.717, 1.165) is 5.39 Å². The molecule has 30 heavy (non-hydrogen) atoms. The van der Waals surface area contributed by atoms with Crippen LogP contribution in [-0.4, -0.2) is 30.3 Å². The highest BCUT2D eigenvalue weighted by molar-refractivity contribution is 6.23. The molecule has 1 atom stereocenters. The number of rotatable bonds is 6. The molecule has 152 valence electrons. The number of furan rings is 1. The summed E-state index contributed by atoms with van der Waals surface area (Å²) in [6, 6.07) is 16.1. The van der Waals surface area contributed by atoms with Gasteiger partial charge in [-0.05, 0) is 50.2 Å². The van der Waals surface area contributed by atoms with Crippen LogP contribution >= 0.6 is 0 Å². The van der Waals surface area contributed by atoms with Crippen molar-refractivity contribution in [3.8, 4) is 5.75 Å². The predicted molar refractivity (Wildman–Crippen MR) is 114 cm³/mol. The van der Waals surface area contributed by atoms with E-state index in [1.54, 1.807) is 43.3 Å². The van der Waals surface area contributed by atoms with Crippen LogP contribution in [-0.2, 0) is 4.79 Å². The van der Waals surface area contributed by atoms with Gasteiger partial charge in [0.15, 0.2) is 5.76 Å². The number of benzene rings is 2. The van der Waals surface area contributed by atoms with Crippen LogP contribution in [0.4, 0.5) is 5.69 Å². The van der Waals surface area contributed by atoms with Crippen LogP contribution in [0.5, 0.6) is 5.75 Å². The van der Waals surface area contributed by atoms with Crippen molar-refractivity contribution in [3.05, 3.63) is 60.4 Å². The van der Waals surface area contributed by atoms with Crippen LogP contribution in [0.15, 0.2) is 69.2 Å². The number of ether oxygens (including phenoxy) is 1. The molecule has 1 aliphatic rings. The van der Waals surface area contributed by atoms with Gasteiger partial charge in [0.05, 0.1) is 18.0 Å². The first-order valence-corrected chi connectivity index (χ1v) is 9.51. The number of anilines is 1. The average molecular weight is 404 g/mol. The van der Waals surface area contributed by atoms with E-state index in [1.165, 1.54) is 11.2 Å². The van der Waals surface area contributed by atoms with Crippen molar-refractivity contribution in [2.75, 3.05) is 11.6 Å². The van der Waals surface area contributed by atoms with E-state index in [0.29, 0.717) is 29.3 Å². The summed E-state index contributed by atoms with van der Waals surface area (Å²) in [7, 11) is 0. The van der Waals surface area contributed by atoms with E-state index >= 15 is 0 Å². The highest BCUT2D eigenvalue weighted by Gasteiger charge is 2.33. The Morgan fingerprint density at radius 2 is 2.07 bits per heavy atom. The minimum absolute atomic E-state index is 0.116. The molecule has 0 unspecified atom stereocenters. The Kier molecular flexibility index (Phi) is 5.30. The second-order valence-corrected chi connectivity index (χ2v) is 6.67. The number of amides is 2. The lowest BCUT2D eigenvalue weighted by Crippen LogP contribution is -2.29. The van der Waals surface area contributed by atoms with Crippen molar-refractivity contribution in [1.82, 2.24) is 5.43 Å². The molecule has 0 fully saturated rings. The third kappa shape index (κ3) is 3.80. The molecule has 0 aliphatic carbocycles. The molecule has 8 nitrogen and oxygen atoms in total. The Morgan fingerprint density at radius 3 is 2.83 bits per heavy atom. The van der Waals surface area contributed by atoms with Crippen LogP contribution in [0.2, 0.25) is 0 Å². The zero-order valence-electron chi connectivity index (χ0n) is 16.5. The molecule has 1 aliphatic heterocycles. The first kappa shape index (κ1) is 19.4. The van der Waals surface area contributed by atoms with Gasteiger partial charge in [0.25, 0.3) is 5.91 Å². The number of nitrogens with one attached hydrogen (secondary N) is 1. The first-order valence-electron chi connectivity index (χ1n) is 9.51. The lowest BCUT2D eigenvalue weighted by atomic mass is 10.1. The van der Waals surface area contributed by atoms with Gasteiger partial charge in [-0.2, -0.15) is 15.2 Å². The van der Waals surface area contributed by atoms with Crippen LogP contribution in [0.1, 0.15) is 24.4 Å². The zero-order chi connectivity index (χ0) is 21.1. The van der Waals surface area contributed by atoms with Crippen molar-refractivity contribution < 1.29 is 18.7 Å². The highest BCUT2D eigenvalue weighted by Crippen LogP contribution is 2.25. The minimum atomic E-state index is -0.644. The Bertz CT molecular complexity index is 1150. The van der Waals surface area contributed by atoms with Crippen LogP contribution in [0.25, 0.3) is 11.0 Å². The number of hydrogen-bond acceptors (Lipinski definition) is 6. The summed E-state index contributed by atoms with van der Waals surface area (Å²) in [4.78, 5) is 25.0. The van der Waals surface area contributed by atoms with Gasteiger partial charge in [0, 0.05) is 11.6 Å². The number of fused-ring (bicyclic) bond motifs is 1. The molecular weight excluding hydrogens is 384 g/mol. The van der Waals surface area contributed by atoms with Gasteiger partial charge >= 0.3 is 5.91 Å². The van der Waals surface area contributed by atoms with Gasteiger partial charge in [0.2, 0.25) is 0 Å². The normalized spacial score (nSPS) is 16.3. The molecule has 0 spiro atoms. The van der Waals surface area contributed by atoms with Gasteiger partial charge in [-0.15, -0.1) is 0 Å². The third-order valence-electron chi connectivity index (χ3n) is 4.60. The van der Waals surface area contributed by atoms with E-state index in [4.69, 9.17) is 9.15 Å². The second kappa shape index (κ2) is 8.20. The number of para-hydroxylation sites is 1. The molecule has 2 amide bonds. The summed E-state index contributed by atoms with van der Waals surface area (Å²) in [5, 5.41) is 10.3. The van der Waals surface area contributed by atoms with Crippen LogP contribution in [0.3, 0.4) is 0 Å². The number of hydrazone groups is 2. The van der Waals surface area contributed by atoms with Gasteiger partial charge < -0.3 is 9.15 Å². The molecule has 0 saturated heterocycles. The Morgan fingerprint density at radius 1 is 1.27 bits per heavy atom. The molecule has 8 heteroatoms. The fourth-order valence-electron chi connectivity index (χ4n) is 3.12. The number of carbonyl (C=O) groups is 2. The van der Waals surface area contributed by atoms with Crippen molar-refractivity contribution in [1.29, 1.82) is 0 Å². The molecule has 1 aromatic heterocycles. The van der Waals surface area contributed by atoms with Crippen LogP contribution in [0, 0.1) is 5.92 Å². The summed E-state index contributed by atoms with van der Waals surface area (Å²) in [6.07, 6.45) is 1.37. The quantitative estimate of drug-likeness (QED) is 0.502. The van der Waals surface area contributed by atoms with Crippen molar-refractivity contribution in [3.63, 3.8) is 0 Å². The molecule has 1 N–H and O–H groups in total. The summed E-state index contributed by atoms with van der Waals surface area (Å²) >= 11 is 0. The Balaban J connectivity index is 1.43.